The zero-order valence-corrected chi connectivity index (χ0v) is 18.8. The molecular weight excluding hydrogens is 400 g/mol. The fourth-order valence-corrected chi connectivity index (χ4v) is 3.82. The van der Waals surface area contributed by atoms with E-state index in [0.717, 1.165) is 37.2 Å². The number of hydrogen-bond acceptors (Lipinski definition) is 5. The smallest absolute Gasteiger partial charge is 0.320 e. The first-order valence-corrected chi connectivity index (χ1v) is 11.2. The van der Waals surface area contributed by atoms with E-state index in [1.807, 2.05) is 19.9 Å². The number of nitrogens with zero attached hydrogens (tertiary/aromatic N) is 4. The van der Waals surface area contributed by atoms with Crippen molar-refractivity contribution in [2.75, 3.05) is 19.8 Å². The lowest BCUT2D eigenvalue weighted by atomic mass is 10.1. The third kappa shape index (κ3) is 5.45. The van der Waals surface area contributed by atoms with Gasteiger partial charge in [-0.3, -0.25) is 4.90 Å². The summed E-state index contributed by atoms with van der Waals surface area (Å²) in [5.74, 6) is 0.573. The normalized spacial score (nSPS) is 11.2. The first-order chi connectivity index (χ1) is 15.8. The van der Waals surface area contributed by atoms with Gasteiger partial charge in [0.2, 0.25) is 5.88 Å². The lowest BCUT2D eigenvalue weighted by molar-refractivity contribution is 0.246. The summed E-state index contributed by atoms with van der Waals surface area (Å²) in [5, 5.41) is 0. The van der Waals surface area contributed by atoms with Gasteiger partial charge >= 0.3 is 6.01 Å². The number of benzene rings is 2. The molecule has 32 heavy (non-hydrogen) atoms. The third-order valence-electron chi connectivity index (χ3n) is 5.27. The average Bonchev–Trinajstić information content (AvgIpc) is 3.22. The van der Waals surface area contributed by atoms with Crippen LogP contribution in [0.15, 0.2) is 72.9 Å². The van der Waals surface area contributed by atoms with Crippen molar-refractivity contribution >= 4 is 11.0 Å². The maximum atomic E-state index is 5.84. The van der Waals surface area contributed by atoms with Crippen LogP contribution in [0.2, 0.25) is 0 Å². The molecule has 0 aliphatic rings. The minimum absolute atomic E-state index is 0.357. The van der Waals surface area contributed by atoms with Crippen LogP contribution in [-0.4, -0.2) is 39.2 Å². The van der Waals surface area contributed by atoms with Crippen LogP contribution in [0, 0.1) is 0 Å². The lowest BCUT2D eigenvalue weighted by Gasteiger charge is -2.23. The van der Waals surface area contributed by atoms with E-state index in [0.29, 0.717) is 25.1 Å². The van der Waals surface area contributed by atoms with E-state index in [4.69, 9.17) is 9.47 Å². The van der Waals surface area contributed by atoms with Gasteiger partial charge in [0.15, 0.2) is 0 Å². The van der Waals surface area contributed by atoms with Gasteiger partial charge in [-0.2, -0.15) is 9.97 Å². The van der Waals surface area contributed by atoms with Gasteiger partial charge in [0, 0.05) is 32.4 Å². The monoisotopic (exact) mass is 430 g/mol. The summed E-state index contributed by atoms with van der Waals surface area (Å²) in [5.41, 5.74) is 4.36. The fraction of sp³-hybridized carbons (Fsp3) is 0.308. The third-order valence-corrected chi connectivity index (χ3v) is 5.27. The maximum absolute atomic E-state index is 5.84. The van der Waals surface area contributed by atoms with Gasteiger partial charge in [-0.1, -0.05) is 60.7 Å². The molecular formula is C26H30N4O2. The molecule has 0 saturated carbocycles. The highest BCUT2D eigenvalue weighted by atomic mass is 16.5. The summed E-state index contributed by atoms with van der Waals surface area (Å²) in [6.07, 6.45) is 2.06. The second kappa shape index (κ2) is 10.8. The molecule has 0 spiro atoms. The van der Waals surface area contributed by atoms with Crippen LogP contribution in [0.4, 0.5) is 0 Å². The molecule has 2 heterocycles. The van der Waals surface area contributed by atoms with E-state index in [1.54, 1.807) is 0 Å². The number of hydrogen-bond donors (Lipinski definition) is 0. The Balaban J connectivity index is 1.56. The molecule has 4 rings (SSSR count). The van der Waals surface area contributed by atoms with Crippen LogP contribution >= 0.6 is 0 Å². The summed E-state index contributed by atoms with van der Waals surface area (Å²) >= 11 is 0. The Kier molecular flexibility index (Phi) is 7.35. The van der Waals surface area contributed by atoms with Crippen molar-refractivity contribution in [3.8, 4) is 11.9 Å². The number of ether oxygens (including phenoxy) is 2. The molecule has 166 valence electrons. The Morgan fingerprint density at radius 2 is 1.41 bits per heavy atom. The van der Waals surface area contributed by atoms with Crippen LogP contribution in [-0.2, 0) is 19.6 Å². The molecule has 4 aromatic rings. The molecule has 0 saturated heterocycles. The van der Waals surface area contributed by atoms with Gasteiger partial charge in [0.25, 0.3) is 0 Å². The van der Waals surface area contributed by atoms with Crippen LogP contribution in [0.5, 0.6) is 11.9 Å². The first kappa shape index (κ1) is 21.8. The summed E-state index contributed by atoms with van der Waals surface area (Å²) in [6.45, 7) is 8.41. The Hall–Kier alpha value is -3.38. The Labute approximate surface area is 189 Å². The number of aromatic nitrogens is 3. The quantitative estimate of drug-likeness (QED) is 0.338. The molecule has 0 unspecified atom stereocenters. The lowest BCUT2D eigenvalue weighted by Crippen LogP contribution is -2.26. The second-order valence-corrected chi connectivity index (χ2v) is 7.60. The van der Waals surface area contributed by atoms with Crippen LogP contribution < -0.4 is 9.47 Å². The summed E-state index contributed by atoms with van der Waals surface area (Å²) < 4.78 is 13.5. The highest BCUT2D eigenvalue weighted by Gasteiger charge is 2.15. The highest BCUT2D eigenvalue weighted by molar-refractivity contribution is 5.81. The summed E-state index contributed by atoms with van der Waals surface area (Å²) in [6, 6.07) is 23.6. The van der Waals surface area contributed by atoms with E-state index in [1.165, 1.54) is 11.1 Å². The maximum Gasteiger partial charge on any atom is 0.320 e. The predicted molar refractivity (Wildman–Crippen MR) is 127 cm³/mol. The molecule has 2 aromatic heterocycles. The van der Waals surface area contributed by atoms with Crippen LogP contribution in [0.25, 0.3) is 11.0 Å². The molecule has 0 amide bonds. The molecule has 0 N–H and O–H groups in total. The molecule has 0 radical (unpaired) electrons. The molecule has 6 nitrogen and oxygen atoms in total. The molecule has 0 fully saturated rings. The number of rotatable bonds is 11. The largest absolute Gasteiger partial charge is 0.476 e. The van der Waals surface area contributed by atoms with Crippen molar-refractivity contribution < 1.29 is 9.47 Å². The molecule has 2 aromatic carbocycles. The van der Waals surface area contributed by atoms with E-state index in [2.05, 4.69) is 86.3 Å². The molecule has 0 aliphatic carbocycles. The van der Waals surface area contributed by atoms with Crippen molar-refractivity contribution in [2.45, 2.75) is 33.5 Å². The van der Waals surface area contributed by atoms with E-state index < -0.39 is 0 Å². The predicted octanol–water partition coefficient (Wildman–Crippen LogP) is 4.93. The van der Waals surface area contributed by atoms with Crippen molar-refractivity contribution in [3.05, 3.63) is 84.1 Å². The molecule has 0 aliphatic heterocycles. The molecule has 0 bridgehead atoms. The van der Waals surface area contributed by atoms with Crippen LogP contribution in [0.1, 0.15) is 25.0 Å². The van der Waals surface area contributed by atoms with E-state index in [9.17, 15) is 0 Å². The van der Waals surface area contributed by atoms with Crippen molar-refractivity contribution in [1.82, 2.24) is 19.4 Å². The van der Waals surface area contributed by atoms with Gasteiger partial charge in [-0.15, -0.1) is 0 Å². The standard InChI is InChI=1S/C26H30N4O2/c1-3-31-25-24-23(27-26(28-25)32-4-2)15-16-30(24)18-17-29(19-21-11-7-5-8-12-21)20-22-13-9-6-10-14-22/h5-16H,3-4,17-20H2,1-2H3. The Morgan fingerprint density at radius 3 is 2.00 bits per heavy atom. The Bertz CT molecular complexity index is 1070. The second-order valence-electron chi connectivity index (χ2n) is 7.60. The van der Waals surface area contributed by atoms with Gasteiger partial charge in [-0.25, -0.2) is 0 Å². The zero-order valence-electron chi connectivity index (χ0n) is 18.8. The zero-order chi connectivity index (χ0) is 22.2. The van der Waals surface area contributed by atoms with E-state index in [-0.39, 0.29) is 0 Å². The first-order valence-electron chi connectivity index (χ1n) is 11.2. The summed E-state index contributed by atoms with van der Waals surface area (Å²) in [4.78, 5) is 11.5. The van der Waals surface area contributed by atoms with E-state index >= 15 is 0 Å². The molecule has 0 atom stereocenters. The van der Waals surface area contributed by atoms with Crippen molar-refractivity contribution in [2.24, 2.45) is 0 Å². The van der Waals surface area contributed by atoms with Crippen molar-refractivity contribution in [3.63, 3.8) is 0 Å². The number of fused-ring (bicyclic) bond motifs is 1. The van der Waals surface area contributed by atoms with Gasteiger partial charge in [0.05, 0.1) is 18.7 Å². The highest BCUT2D eigenvalue weighted by Crippen LogP contribution is 2.26. The SMILES string of the molecule is CCOc1nc(OCC)c2c(ccn2CCN(Cc2ccccc2)Cc2ccccc2)n1. The Morgan fingerprint density at radius 1 is 0.781 bits per heavy atom. The van der Waals surface area contributed by atoms with Crippen molar-refractivity contribution in [1.29, 1.82) is 0 Å². The fourth-order valence-electron chi connectivity index (χ4n) is 3.82. The van der Waals surface area contributed by atoms with Gasteiger partial charge in [0.1, 0.15) is 5.52 Å². The minimum Gasteiger partial charge on any atom is -0.476 e. The van der Waals surface area contributed by atoms with Crippen LogP contribution in [0.3, 0.4) is 0 Å². The topological polar surface area (TPSA) is 52.4 Å². The summed E-state index contributed by atoms with van der Waals surface area (Å²) in [7, 11) is 0. The molecule has 6 heteroatoms. The van der Waals surface area contributed by atoms with Gasteiger partial charge in [-0.05, 0) is 31.0 Å². The van der Waals surface area contributed by atoms with Gasteiger partial charge < -0.3 is 14.0 Å². The minimum atomic E-state index is 0.357. The average molecular weight is 431 g/mol.